The molecule has 0 aliphatic rings. The number of ether oxygens (including phenoxy) is 4. The highest BCUT2D eigenvalue weighted by Gasteiger charge is 2.21. The quantitative estimate of drug-likeness (QED) is 0.772. The fraction of sp³-hybridized carbons (Fsp3) is 0.294. The van der Waals surface area contributed by atoms with Gasteiger partial charge < -0.3 is 18.9 Å². The van der Waals surface area contributed by atoms with Crippen LogP contribution in [0.15, 0.2) is 41.3 Å². The van der Waals surface area contributed by atoms with Crippen molar-refractivity contribution in [2.24, 2.45) is 0 Å². The summed E-state index contributed by atoms with van der Waals surface area (Å²) in [6.07, 6.45) is 0. The Morgan fingerprint density at radius 2 is 1.56 bits per heavy atom. The summed E-state index contributed by atoms with van der Waals surface area (Å²) in [7, 11) is 0.462. The van der Waals surface area contributed by atoms with Crippen LogP contribution in [0, 0.1) is 0 Å². The van der Waals surface area contributed by atoms with Crippen molar-refractivity contribution in [1.82, 2.24) is 0 Å². The third kappa shape index (κ3) is 4.27. The lowest BCUT2D eigenvalue weighted by molar-refractivity contribution is 0.311. The molecule has 0 radical (unpaired) electrons. The first kappa shape index (κ1) is 18.7. The molecule has 0 aliphatic heterocycles. The maximum atomic E-state index is 12.7. The number of hydrogen-bond acceptors (Lipinski definition) is 6. The number of rotatable bonds is 8. The number of benzene rings is 2. The number of hydrogen-bond donors (Lipinski definition) is 1. The first-order chi connectivity index (χ1) is 11.9. The molecule has 0 bridgehead atoms. The van der Waals surface area contributed by atoms with Gasteiger partial charge in [0.1, 0.15) is 16.4 Å². The van der Waals surface area contributed by atoms with Gasteiger partial charge in [-0.2, -0.15) is 0 Å². The molecule has 0 aromatic heterocycles. The van der Waals surface area contributed by atoms with Crippen LogP contribution in [0.25, 0.3) is 0 Å². The fourth-order valence-electron chi connectivity index (χ4n) is 2.21. The van der Waals surface area contributed by atoms with Gasteiger partial charge in [-0.15, -0.1) is 0 Å². The number of nitrogens with one attached hydrogen (secondary N) is 1. The zero-order valence-corrected chi connectivity index (χ0v) is 15.3. The van der Waals surface area contributed by atoms with Crippen LogP contribution in [0.5, 0.6) is 23.0 Å². The summed E-state index contributed by atoms with van der Waals surface area (Å²) >= 11 is 0. The van der Waals surface area contributed by atoms with Crippen LogP contribution in [0.3, 0.4) is 0 Å². The Labute approximate surface area is 147 Å². The van der Waals surface area contributed by atoms with Gasteiger partial charge in [-0.3, -0.25) is 4.72 Å². The van der Waals surface area contributed by atoms with Crippen LogP contribution in [-0.4, -0.2) is 36.4 Å². The molecule has 8 heteroatoms. The molecule has 0 spiro atoms. The highest BCUT2D eigenvalue weighted by molar-refractivity contribution is 7.92. The van der Waals surface area contributed by atoms with E-state index in [1.807, 2.05) is 6.92 Å². The van der Waals surface area contributed by atoms with E-state index in [1.165, 1.54) is 33.5 Å². The average Bonchev–Trinajstić information content (AvgIpc) is 2.62. The van der Waals surface area contributed by atoms with Crippen LogP contribution < -0.4 is 23.7 Å². The minimum Gasteiger partial charge on any atom is -0.497 e. The molecule has 0 saturated carbocycles. The molecule has 1 N–H and O–H groups in total. The van der Waals surface area contributed by atoms with E-state index >= 15 is 0 Å². The molecular weight excluding hydrogens is 346 g/mol. The van der Waals surface area contributed by atoms with Gasteiger partial charge in [-0.05, 0) is 31.2 Å². The Morgan fingerprint density at radius 3 is 2.16 bits per heavy atom. The Morgan fingerprint density at radius 1 is 0.880 bits per heavy atom. The highest BCUT2D eigenvalue weighted by atomic mass is 32.2. The van der Waals surface area contributed by atoms with E-state index in [0.717, 1.165) is 0 Å². The van der Waals surface area contributed by atoms with Crippen LogP contribution >= 0.6 is 0 Å². The predicted molar refractivity (Wildman–Crippen MR) is 94.5 cm³/mol. The van der Waals surface area contributed by atoms with E-state index in [1.54, 1.807) is 24.3 Å². The molecule has 2 rings (SSSR count). The first-order valence-corrected chi connectivity index (χ1v) is 8.99. The van der Waals surface area contributed by atoms with Crippen LogP contribution in [0.2, 0.25) is 0 Å². The zero-order valence-electron chi connectivity index (χ0n) is 14.5. The van der Waals surface area contributed by atoms with Gasteiger partial charge in [0.05, 0.1) is 33.6 Å². The van der Waals surface area contributed by atoms with E-state index in [9.17, 15) is 8.42 Å². The summed E-state index contributed by atoms with van der Waals surface area (Å²) < 4.78 is 48.9. The van der Waals surface area contributed by atoms with Crippen LogP contribution in [-0.2, 0) is 10.0 Å². The number of methoxy groups -OCH3 is 3. The molecule has 0 fully saturated rings. The molecule has 0 saturated heterocycles. The minimum absolute atomic E-state index is 0.0257. The third-order valence-electron chi connectivity index (χ3n) is 3.38. The molecule has 0 amide bonds. The van der Waals surface area contributed by atoms with Crippen molar-refractivity contribution in [3.63, 3.8) is 0 Å². The second-order valence-corrected chi connectivity index (χ2v) is 6.57. The number of anilines is 1. The SMILES string of the molecule is CCOc1ccc(NS(=O)(=O)c2cc(OC)ccc2OC)cc1OC. The van der Waals surface area contributed by atoms with E-state index in [-0.39, 0.29) is 10.6 Å². The van der Waals surface area contributed by atoms with Gasteiger partial charge in [0, 0.05) is 12.1 Å². The van der Waals surface area contributed by atoms with Crippen molar-refractivity contribution in [2.45, 2.75) is 11.8 Å². The van der Waals surface area contributed by atoms with E-state index in [0.29, 0.717) is 29.5 Å². The standard InChI is InChI=1S/C17H21NO6S/c1-5-24-14-8-6-12(10-16(14)23-4)18-25(19,20)17-11-13(21-2)7-9-15(17)22-3/h6-11,18H,5H2,1-4H3. The minimum atomic E-state index is -3.89. The van der Waals surface area contributed by atoms with Gasteiger partial charge >= 0.3 is 0 Å². The first-order valence-electron chi connectivity index (χ1n) is 7.50. The summed E-state index contributed by atoms with van der Waals surface area (Å²) in [6.45, 7) is 2.33. The van der Waals surface area contributed by atoms with E-state index < -0.39 is 10.0 Å². The van der Waals surface area contributed by atoms with Gasteiger partial charge in [0.2, 0.25) is 0 Å². The van der Waals surface area contributed by atoms with Crippen molar-refractivity contribution < 1.29 is 27.4 Å². The Balaban J connectivity index is 2.39. The van der Waals surface area contributed by atoms with E-state index in [4.69, 9.17) is 18.9 Å². The van der Waals surface area contributed by atoms with Crippen molar-refractivity contribution >= 4 is 15.7 Å². The van der Waals surface area contributed by atoms with Crippen molar-refractivity contribution in [1.29, 1.82) is 0 Å². The van der Waals surface area contributed by atoms with Gasteiger partial charge in [0.15, 0.2) is 11.5 Å². The normalized spacial score (nSPS) is 10.9. The lowest BCUT2D eigenvalue weighted by Crippen LogP contribution is -2.14. The lowest BCUT2D eigenvalue weighted by atomic mass is 10.3. The molecule has 0 unspecified atom stereocenters. The second kappa shape index (κ2) is 7.98. The summed E-state index contributed by atoms with van der Waals surface area (Å²) in [4.78, 5) is -0.0257. The Bertz CT molecular complexity index is 835. The molecule has 2 aromatic carbocycles. The zero-order chi connectivity index (χ0) is 18.4. The number of sulfonamides is 1. The summed E-state index contributed by atoms with van der Waals surface area (Å²) in [5.41, 5.74) is 0.338. The molecule has 136 valence electrons. The smallest absolute Gasteiger partial charge is 0.265 e. The molecule has 0 heterocycles. The average molecular weight is 367 g/mol. The summed E-state index contributed by atoms with van der Waals surface area (Å²) in [5.74, 6) is 1.59. The summed E-state index contributed by atoms with van der Waals surface area (Å²) in [6, 6.07) is 9.34. The maximum absolute atomic E-state index is 12.7. The van der Waals surface area contributed by atoms with Crippen LogP contribution in [0.4, 0.5) is 5.69 Å². The Hall–Kier alpha value is -2.61. The Kier molecular flexibility index (Phi) is 5.97. The maximum Gasteiger partial charge on any atom is 0.265 e. The molecule has 0 atom stereocenters. The fourth-order valence-corrected chi connectivity index (χ4v) is 3.44. The molecule has 7 nitrogen and oxygen atoms in total. The predicted octanol–water partition coefficient (Wildman–Crippen LogP) is 2.91. The monoisotopic (exact) mass is 367 g/mol. The topological polar surface area (TPSA) is 83.1 Å². The largest absolute Gasteiger partial charge is 0.497 e. The molecule has 2 aromatic rings. The molecule has 0 aliphatic carbocycles. The molecular formula is C17H21NO6S. The van der Waals surface area contributed by atoms with Crippen molar-refractivity contribution in [2.75, 3.05) is 32.7 Å². The van der Waals surface area contributed by atoms with Gasteiger partial charge in [0.25, 0.3) is 10.0 Å². The van der Waals surface area contributed by atoms with Crippen molar-refractivity contribution in [3.8, 4) is 23.0 Å². The third-order valence-corrected chi connectivity index (χ3v) is 4.78. The lowest BCUT2D eigenvalue weighted by Gasteiger charge is -2.14. The van der Waals surface area contributed by atoms with Gasteiger partial charge in [-0.25, -0.2) is 8.42 Å². The van der Waals surface area contributed by atoms with Gasteiger partial charge in [-0.1, -0.05) is 0 Å². The van der Waals surface area contributed by atoms with Crippen molar-refractivity contribution in [3.05, 3.63) is 36.4 Å². The molecule has 25 heavy (non-hydrogen) atoms. The highest BCUT2D eigenvalue weighted by Crippen LogP contribution is 2.33. The van der Waals surface area contributed by atoms with E-state index in [2.05, 4.69) is 4.72 Å². The second-order valence-electron chi connectivity index (χ2n) is 4.92. The van der Waals surface area contributed by atoms with Crippen LogP contribution in [0.1, 0.15) is 6.92 Å². The summed E-state index contributed by atoms with van der Waals surface area (Å²) in [5, 5.41) is 0.